The molecule has 0 aliphatic carbocycles. The molecule has 16 heavy (non-hydrogen) atoms. The molecule has 0 bridgehead atoms. The van der Waals surface area contributed by atoms with Gasteiger partial charge in [-0.05, 0) is 0 Å². The summed E-state index contributed by atoms with van der Waals surface area (Å²) < 4.78 is 7.52. The average Bonchev–Trinajstić information content (AvgIpc) is 1.97. The fourth-order valence-corrected chi connectivity index (χ4v) is 22.2. The van der Waals surface area contributed by atoms with Crippen molar-refractivity contribution in [3.8, 4) is 0 Å². The van der Waals surface area contributed by atoms with Crippen molar-refractivity contribution in [2.24, 2.45) is 0 Å². The van der Waals surface area contributed by atoms with Crippen LogP contribution in [0.5, 0.6) is 0 Å². The van der Waals surface area contributed by atoms with E-state index in [4.69, 9.17) is 0 Å². The summed E-state index contributed by atoms with van der Waals surface area (Å²) >= 11 is -2.28. The fraction of sp³-hybridized carbons (Fsp3) is 1.00. The molecule has 0 aromatic heterocycles. The maximum absolute atomic E-state index is 2.88. The van der Waals surface area contributed by atoms with Gasteiger partial charge in [0, 0.05) is 0 Å². The molecule has 0 saturated carbocycles. The van der Waals surface area contributed by atoms with Crippen molar-refractivity contribution < 1.29 is 0 Å². The van der Waals surface area contributed by atoms with Gasteiger partial charge >= 0.3 is 107 Å². The molecule has 96 valence electrons. The van der Waals surface area contributed by atoms with Crippen LogP contribution in [-0.2, 0) is 0 Å². The van der Waals surface area contributed by atoms with Crippen molar-refractivity contribution in [1.82, 2.24) is 6.24 Å². The molecule has 2 nitrogen and oxygen atoms in total. The molecule has 0 radical (unpaired) electrons. The van der Waals surface area contributed by atoms with Crippen LogP contribution in [0, 0.1) is 0 Å². The van der Waals surface area contributed by atoms with Crippen LogP contribution < -0.4 is 0 Å². The van der Waals surface area contributed by atoms with E-state index in [0.717, 1.165) is 20.0 Å². The summed E-state index contributed by atoms with van der Waals surface area (Å²) in [5, 5.41) is 0. The monoisotopic (exact) mass is 334 g/mol. The molecule has 3 heteroatoms. The summed E-state index contributed by atoms with van der Waals surface area (Å²) in [6.45, 7) is 20.5. The Morgan fingerprint density at radius 2 is 1.00 bits per heavy atom. The van der Waals surface area contributed by atoms with Crippen molar-refractivity contribution in [2.75, 3.05) is 6.67 Å². The third-order valence-electron chi connectivity index (χ3n) is 4.17. The van der Waals surface area contributed by atoms with Crippen LogP contribution in [0.2, 0.25) is 7.87 Å². The van der Waals surface area contributed by atoms with Gasteiger partial charge in [0.25, 0.3) is 0 Å². The van der Waals surface area contributed by atoms with Crippen molar-refractivity contribution >= 4 is 18.9 Å². The first-order valence-electron chi connectivity index (χ1n) is 6.79. The van der Waals surface area contributed by atoms with Gasteiger partial charge in [-0.25, -0.2) is 0 Å². The molecule has 0 unspecified atom stereocenters. The van der Waals surface area contributed by atoms with Crippen LogP contribution in [0.15, 0.2) is 0 Å². The molecular weight excluding hydrogens is 303 g/mol. The quantitative estimate of drug-likeness (QED) is 0.725. The van der Waals surface area contributed by atoms with Gasteiger partial charge in [-0.15, -0.1) is 0 Å². The normalized spacial score (nSPS) is 22.5. The van der Waals surface area contributed by atoms with Crippen LogP contribution in [0.1, 0.15) is 55.4 Å². The average molecular weight is 333 g/mol. The van der Waals surface area contributed by atoms with E-state index < -0.39 is 18.9 Å². The molecule has 0 amide bonds. The minimum atomic E-state index is -2.28. The first kappa shape index (κ1) is 14.8. The molecule has 0 spiro atoms. The Morgan fingerprint density at radius 1 is 0.688 bits per heavy atom. The zero-order valence-electron chi connectivity index (χ0n) is 12.4. The number of hydrogen-bond donors (Lipinski definition) is 0. The second kappa shape index (κ2) is 5.15. The topological polar surface area (TPSA) is 6.48 Å². The Kier molecular flexibility index (Phi) is 4.76. The van der Waals surface area contributed by atoms with E-state index in [1.165, 1.54) is 6.67 Å². The zero-order valence-corrected chi connectivity index (χ0v) is 15.3. The summed E-state index contributed by atoms with van der Waals surface area (Å²) in [6.07, 6.45) is 0. The number of nitrogens with zero attached hydrogens (tertiary/aromatic N) is 2. The van der Waals surface area contributed by atoms with Gasteiger partial charge in [-0.1, -0.05) is 0 Å². The van der Waals surface area contributed by atoms with Gasteiger partial charge in [-0.2, -0.15) is 0 Å². The Bertz CT molecular complexity index is 212. The summed E-state index contributed by atoms with van der Waals surface area (Å²) in [5.74, 6) is 0. The van der Waals surface area contributed by atoms with E-state index in [0.29, 0.717) is 0 Å². The maximum atomic E-state index is 2.88. The first-order valence-corrected chi connectivity index (χ1v) is 12.6. The predicted octanol–water partition coefficient (Wildman–Crippen LogP) is 3.64. The third kappa shape index (κ3) is 2.05. The standard InChI is InChI=1S/C7H16N2.2C3H7.Sn/c1-6(2)8-5-9-7(3)4;2*1-3-2;/h6-7H,5H2,1-4H3;2*3H,1-2H3;/q-2;;;+2. The van der Waals surface area contributed by atoms with E-state index in [2.05, 4.69) is 61.6 Å². The molecular formula is C13H30N2Sn. The van der Waals surface area contributed by atoms with Gasteiger partial charge in [0.2, 0.25) is 0 Å². The molecule has 0 aromatic rings. The minimum absolute atomic E-state index is 0.732. The Labute approximate surface area is 107 Å². The summed E-state index contributed by atoms with van der Waals surface area (Å²) in [7, 11) is 0. The van der Waals surface area contributed by atoms with Crippen LogP contribution in [0.25, 0.3) is 0 Å². The van der Waals surface area contributed by atoms with Gasteiger partial charge in [-0.3, -0.25) is 0 Å². The number of rotatable bonds is 4. The van der Waals surface area contributed by atoms with Crippen LogP contribution in [0.4, 0.5) is 0 Å². The van der Waals surface area contributed by atoms with Crippen molar-refractivity contribution in [3.63, 3.8) is 0 Å². The number of hydrogen-bond acceptors (Lipinski definition) is 2. The van der Waals surface area contributed by atoms with Crippen molar-refractivity contribution in [3.05, 3.63) is 0 Å². The SMILES string of the molecule is CC(C)[N]1C[N](C(C)C)[Sn]1([CH](C)C)[CH](C)C. The van der Waals surface area contributed by atoms with Crippen LogP contribution in [-0.4, -0.2) is 43.9 Å². The van der Waals surface area contributed by atoms with E-state index in [1.807, 2.05) is 0 Å². The predicted molar refractivity (Wildman–Crippen MR) is 74.8 cm³/mol. The molecule has 1 saturated heterocycles. The van der Waals surface area contributed by atoms with E-state index >= 15 is 0 Å². The Hall–Kier alpha value is 0.719. The van der Waals surface area contributed by atoms with E-state index in [9.17, 15) is 0 Å². The Morgan fingerprint density at radius 3 is 1.19 bits per heavy atom. The molecule has 0 aromatic carbocycles. The van der Waals surface area contributed by atoms with Crippen molar-refractivity contribution in [1.29, 1.82) is 0 Å². The summed E-state index contributed by atoms with van der Waals surface area (Å²) in [4.78, 5) is 0. The van der Waals surface area contributed by atoms with Gasteiger partial charge < -0.3 is 0 Å². The second-order valence-electron chi connectivity index (χ2n) is 6.36. The molecule has 1 rings (SSSR count). The molecule has 1 fully saturated rings. The third-order valence-corrected chi connectivity index (χ3v) is 22.9. The van der Waals surface area contributed by atoms with Gasteiger partial charge in [0.15, 0.2) is 0 Å². The summed E-state index contributed by atoms with van der Waals surface area (Å²) in [5.41, 5.74) is 0. The Balaban J connectivity index is 3.05. The van der Waals surface area contributed by atoms with Crippen LogP contribution in [0.3, 0.4) is 0 Å². The van der Waals surface area contributed by atoms with Crippen molar-refractivity contribution in [2.45, 2.75) is 75.3 Å². The van der Waals surface area contributed by atoms with Gasteiger partial charge in [0.05, 0.1) is 0 Å². The van der Waals surface area contributed by atoms with Gasteiger partial charge in [0.1, 0.15) is 0 Å². The molecule has 1 heterocycles. The summed E-state index contributed by atoms with van der Waals surface area (Å²) in [6, 6.07) is 1.46. The molecule has 1 aliphatic rings. The fourth-order valence-electron chi connectivity index (χ4n) is 3.62. The van der Waals surface area contributed by atoms with Crippen LogP contribution >= 0.6 is 0 Å². The second-order valence-corrected chi connectivity index (χ2v) is 20.7. The zero-order chi connectivity index (χ0) is 12.7. The molecule has 1 aliphatic heterocycles. The van der Waals surface area contributed by atoms with E-state index in [-0.39, 0.29) is 0 Å². The molecule has 0 N–H and O–H groups in total. The molecule has 0 atom stereocenters. The first-order chi connectivity index (χ1) is 7.26. The van der Waals surface area contributed by atoms with E-state index in [1.54, 1.807) is 0 Å².